The Labute approximate surface area is 197 Å². The van der Waals surface area contributed by atoms with Gasteiger partial charge in [0.25, 0.3) is 0 Å². The molecule has 176 valence electrons. The lowest BCUT2D eigenvalue weighted by Gasteiger charge is -2.10. The highest BCUT2D eigenvalue weighted by Gasteiger charge is 2.16. The third-order valence-electron chi connectivity index (χ3n) is 5.18. The molecule has 7 heteroatoms. The fraction of sp³-hybridized carbons (Fsp3) is 0.259. The van der Waals surface area contributed by atoms with E-state index in [1.54, 1.807) is 19.3 Å². The molecule has 0 unspecified atom stereocenters. The first kappa shape index (κ1) is 23.2. The van der Waals surface area contributed by atoms with Gasteiger partial charge < -0.3 is 23.0 Å². The highest BCUT2D eigenvalue weighted by Crippen LogP contribution is 2.31. The van der Waals surface area contributed by atoms with Crippen molar-refractivity contribution in [2.45, 2.75) is 27.2 Å². The van der Waals surface area contributed by atoms with Gasteiger partial charge in [0.1, 0.15) is 17.1 Å². The van der Waals surface area contributed by atoms with Crippen LogP contribution in [0.15, 0.2) is 69.4 Å². The molecule has 4 aromatic rings. The number of benzene rings is 2. The molecule has 2 aromatic carbocycles. The van der Waals surface area contributed by atoms with E-state index < -0.39 is 5.97 Å². The monoisotopic (exact) mass is 461 g/mol. The topological polar surface area (TPSA) is 83.9 Å². The maximum absolute atomic E-state index is 12.2. The highest BCUT2D eigenvalue weighted by molar-refractivity contribution is 5.96. The minimum Gasteiger partial charge on any atom is -0.492 e. The minimum atomic E-state index is -0.512. The second-order valence-electron chi connectivity index (χ2n) is 7.46. The lowest BCUT2D eigenvalue weighted by Crippen LogP contribution is -2.10. The van der Waals surface area contributed by atoms with Crippen LogP contribution in [0.5, 0.6) is 5.75 Å². The average molecular weight is 462 g/mol. The van der Waals surface area contributed by atoms with Crippen LogP contribution >= 0.6 is 0 Å². The number of hydrogen-bond donors (Lipinski definition) is 0. The van der Waals surface area contributed by atoms with Gasteiger partial charge in [-0.3, -0.25) is 0 Å². The zero-order chi connectivity index (χ0) is 23.9. The SMILES string of the molecule is CCOC(=O)/C(=C\c1ccc(OCCc2nc(-c3ccccc3)oc2C)c2ccoc12)OCC. The standard InChI is InChI=1S/C27H27NO6/c1-4-30-24(27(29)31-5-2)17-20-11-12-23(21-13-15-33-25(20)21)32-16-14-22-18(3)34-26(28-22)19-9-7-6-8-10-19/h6-13,15,17H,4-5,14,16H2,1-3H3/b24-17+. The molecule has 0 saturated heterocycles. The molecular formula is C27H27NO6. The Morgan fingerprint density at radius 2 is 1.82 bits per heavy atom. The number of aromatic nitrogens is 1. The number of carbonyl (C=O) groups is 1. The smallest absolute Gasteiger partial charge is 0.373 e. The van der Waals surface area contributed by atoms with E-state index in [1.807, 2.05) is 62.4 Å². The van der Waals surface area contributed by atoms with Gasteiger partial charge in [-0.05, 0) is 57.2 Å². The molecule has 7 nitrogen and oxygen atoms in total. The maximum Gasteiger partial charge on any atom is 0.373 e. The van der Waals surface area contributed by atoms with E-state index in [1.165, 1.54) is 0 Å². The van der Waals surface area contributed by atoms with Gasteiger partial charge in [0.05, 0.1) is 37.2 Å². The molecule has 2 aromatic heterocycles. The zero-order valence-corrected chi connectivity index (χ0v) is 19.5. The molecule has 0 aliphatic carbocycles. The molecule has 0 radical (unpaired) electrons. The summed E-state index contributed by atoms with van der Waals surface area (Å²) in [5.74, 6) is 1.68. The van der Waals surface area contributed by atoms with E-state index in [4.69, 9.17) is 23.0 Å². The van der Waals surface area contributed by atoms with Crippen LogP contribution in [0, 0.1) is 6.92 Å². The van der Waals surface area contributed by atoms with Crippen molar-refractivity contribution in [3.05, 3.63) is 77.6 Å². The van der Waals surface area contributed by atoms with Crippen LogP contribution in [-0.4, -0.2) is 30.8 Å². The molecule has 0 atom stereocenters. The Kier molecular flexibility index (Phi) is 7.32. The number of fused-ring (bicyclic) bond motifs is 1. The van der Waals surface area contributed by atoms with E-state index in [2.05, 4.69) is 4.98 Å². The van der Waals surface area contributed by atoms with Gasteiger partial charge in [-0.15, -0.1) is 0 Å². The number of hydrogen-bond acceptors (Lipinski definition) is 7. The molecule has 0 fully saturated rings. The second kappa shape index (κ2) is 10.7. The van der Waals surface area contributed by atoms with Crippen LogP contribution < -0.4 is 4.74 Å². The summed E-state index contributed by atoms with van der Waals surface area (Å²) in [5.41, 5.74) is 3.10. The van der Waals surface area contributed by atoms with Crippen molar-refractivity contribution >= 4 is 23.0 Å². The maximum atomic E-state index is 12.2. The van der Waals surface area contributed by atoms with E-state index in [9.17, 15) is 4.79 Å². The summed E-state index contributed by atoms with van der Waals surface area (Å²) in [6.07, 6.45) is 3.81. The third-order valence-corrected chi connectivity index (χ3v) is 5.18. The van der Waals surface area contributed by atoms with Gasteiger partial charge in [0.2, 0.25) is 11.6 Å². The van der Waals surface area contributed by atoms with Crippen molar-refractivity contribution in [2.75, 3.05) is 19.8 Å². The summed E-state index contributed by atoms with van der Waals surface area (Å²) in [6, 6.07) is 15.3. The molecule has 0 spiro atoms. The van der Waals surface area contributed by atoms with Gasteiger partial charge in [-0.1, -0.05) is 18.2 Å². The van der Waals surface area contributed by atoms with Gasteiger partial charge in [-0.2, -0.15) is 0 Å². The zero-order valence-electron chi connectivity index (χ0n) is 19.5. The number of carbonyl (C=O) groups excluding carboxylic acids is 1. The Morgan fingerprint density at radius 1 is 1.03 bits per heavy atom. The highest BCUT2D eigenvalue weighted by atomic mass is 16.6. The lowest BCUT2D eigenvalue weighted by atomic mass is 10.1. The van der Waals surface area contributed by atoms with Crippen molar-refractivity contribution < 1.29 is 27.8 Å². The van der Waals surface area contributed by atoms with Gasteiger partial charge in [0.15, 0.2) is 0 Å². The summed E-state index contributed by atoms with van der Waals surface area (Å²) in [5, 5.41) is 0.801. The fourth-order valence-electron chi connectivity index (χ4n) is 3.58. The Hall–Kier alpha value is -4.00. The van der Waals surface area contributed by atoms with Crippen molar-refractivity contribution in [3.8, 4) is 17.2 Å². The number of nitrogens with zero attached hydrogens (tertiary/aromatic N) is 1. The number of furan rings is 1. The first-order valence-corrected chi connectivity index (χ1v) is 11.3. The first-order chi connectivity index (χ1) is 16.6. The predicted octanol–water partition coefficient (Wildman–Crippen LogP) is 5.96. The number of ether oxygens (including phenoxy) is 3. The fourth-order valence-corrected chi connectivity index (χ4v) is 3.58. The van der Waals surface area contributed by atoms with E-state index in [0.717, 1.165) is 22.4 Å². The van der Waals surface area contributed by atoms with Gasteiger partial charge in [-0.25, -0.2) is 9.78 Å². The minimum absolute atomic E-state index is 0.131. The molecule has 0 amide bonds. The molecule has 0 saturated carbocycles. The van der Waals surface area contributed by atoms with Crippen molar-refractivity contribution in [2.24, 2.45) is 0 Å². The average Bonchev–Trinajstić information content (AvgIpc) is 3.48. The third kappa shape index (κ3) is 5.14. The molecule has 4 rings (SSSR count). The van der Waals surface area contributed by atoms with E-state index in [-0.39, 0.29) is 12.4 Å². The van der Waals surface area contributed by atoms with Crippen LogP contribution in [0.1, 0.15) is 30.9 Å². The number of rotatable bonds is 10. The van der Waals surface area contributed by atoms with Crippen molar-refractivity contribution in [3.63, 3.8) is 0 Å². The van der Waals surface area contributed by atoms with Crippen molar-refractivity contribution in [1.29, 1.82) is 0 Å². The van der Waals surface area contributed by atoms with Crippen molar-refractivity contribution in [1.82, 2.24) is 4.98 Å². The van der Waals surface area contributed by atoms with Crippen LogP contribution in [-0.2, 0) is 20.7 Å². The van der Waals surface area contributed by atoms with E-state index in [0.29, 0.717) is 42.4 Å². The summed E-state index contributed by atoms with van der Waals surface area (Å²) in [7, 11) is 0. The molecule has 0 bridgehead atoms. The van der Waals surface area contributed by atoms with E-state index >= 15 is 0 Å². The lowest BCUT2D eigenvalue weighted by molar-refractivity contribution is -0.142. The summed E-state index contributed by atoms with van der Waals surface area (Å²) < 4.78 is 28.1. The normalized spacial score (nSPS) is 11.6. The largest absolute Gasteiger partial charge is 0.492 e. The van der Waals surface area contributed by atoms with Crippen LogP contribution in [0.3, 0.4) is 0 Å². The Bertz CT molecular complexity index is 1290. The first-order valence-electron chi connectivity index (χ1n) is 11.3. The predicted molar refractivity (Wildman–Crippen MR) is 128 cm³/mol. The number of oxazole rings is 1. The Balaban J connectivity index is 1.49. The Morgan fingerprint density at radius 3 is 2.59 bits per heavy atom. The second-order valence-corrected chi connectivity index (χ2v) is 7.46. The van der Waals surface area contributed by atoms with Gasteiger partial charge >= 0.3 is 5.97 Å². The number of esters is 1. The summed E-state index contributed by atoms with van der Waals surface area (Å²) in [6.45, 7) is 6.51. The molecular weight excluding hydrogens is 434 g/mol. The summed E-state index contributed by atoms with van der Waals surface area (Å²) in [4.78, 5) is 16.8. The van der Waals surface area contributed by atoms with Crippen LogP contribution in [0.25, 0.3) is 28.5 Å². The molecule has 0 aliphatic rings. The van der Waals surface area contributed by atoms with Crippen LogP contribution in [0.4, 0.5) is 0 Å². The quantitative estimate of drug-likeness (QED) is 0.164. The number of aryl methyl sites for hydroxylation is 1. The molecule has 34 heavy (non-hydrogen) atoms. The molecule has 2 heterocycles. The molecule has 0 aliphatic heterocycles. The van der Waals surface area contributed by atoms with Gasteiger partial charge in [0, 0.05) is 17.5 Å². The molecule has 0 N–H and O–H groups in total. The summed E-state index contributed by atoms with van der Waals surface area (Å²) >= 11 is 0. The van der Waals surface area contributed by atoms with Crippen LogP contribution in [0.2, 0.25) is 0 Å².